The van der Waals surface area contributed by atoms with Gasteiger partial charge in [0.1, 0.15) is 18.1 Å². The fourth-order valence-corrected chi connectivity index (χ4v) is 3.04. The summed E-state index contributed by atoms with van der Waals surface area (Å²) in [6, 6.07) is 4.61. The van der Waals surface area contributed by atoms with Gasteiger partial charge in [0.25, 0.3) is 5.91 Å². The van der Waals surface area contributed by atoms with Crippen molar-refractivity contribution in [1.82, 2.24) is 9.88 Å². The minimum atomic E-state index is -0.590. The van der Waals surface area contributed by atoms with E-state index in [4.69, 9.17) is 24.4 Å². The van der Waals surface area contributed by atoms with Crippen LogP contribution in [0.2, 0.25) is 0 Å². The van der Waals surface area contributed by atoms with Crippen molar-refractivity contribution in [3.8, 4) is 17.2 Å². The summed E-state index contributed by atoms with van der Waals surface area (Å²) in [4.78, 5) is 29.5. The molecule has 26 heavy (non-hydrogen) atoms. The first-order valence-corrected chi connectivity index (χ1v) is 8.19. The Bertz CT molecular complexity index is 849. The van der Waals surface area contributed by atoms with Gasteiger partial charge in [0.05, 0.1) is 0 Å². The summed E-state index contributed by atoms with van der Waals surface area (Å²) in [6.07, 6.45) is 2.56. The van der Waals surface area contributed by atoms with Gasteiger partial charge in [-0.15, -0.1) is 0 Å². The molecule has 9 nitrogen and oxygen atoms in total. The van der Waals surface area contributed by atoms with Gasteiger partial charge in [-0.2, -0.15) is 0 Å². The molecule has 1 aromatic carbocycles. The van der Waals surface area contributed by atoms with Gasteiger partial charge in [0.15, 0.2) is 23.8 Å². The smallest absolute Gasteiger partial charge is 0.276 e. The molecule has 2 aliphatic heterocycles. The molecule has 1 aromatic heterocycles. The Morgan fingerprint density at radius 1 is 1.31 bits per heavy atom. The molecule has 0 aliphatic carbocycles. The number of ether oxygens (including phenoxy) is 3. The Hall–Kier alpha value is -3.23. The number of hydrogen-bond acceptors (Lipinski definition) is 7. The Balaban J connectivity index is 1.40. The molecule has 0 spiro atoms. The molecule has 3 heterocycles. The summed E-state index contributed by atoms with van der Waals surface area (Å²) < 4.78 is 21.4. The van der Waals surface area contributed by atoms with Gasteiger partial charge in [0.2, 0.25) is 18.6 Å². The number of benzene rings is 1. The minimum absolute atomic E-state index is 0.0478. The molecule has 4 rings (SSSR count). The fourth-order valence-electron chi connectivity index (χ4n) is 3.04. The number of primary amides is 1. The second-order valence-electron chi connectivity index (χ2n) is 5.99. The molecule has 2 N–H and O–H groups in total. The first-order chi connectivity index (χ1) is 12.6. The predicted octanol–water partition coefficient (Wildman–Crippen LogP) is 1.07. The van der Waals surface area contributed by atoms with Crippen LogP contribution in [0.5, 0.6) is 17.2 Å². The van der Waals surface area contributed by atoms with E-state index in [-0.39, 0.29) is 30.9 Å². The number of nitrogens with zero attached hydrogens (tertiary/aromatic N) is 2. The summed E-state index contributed by atoms with van der Waals surface area (Å²) in [5, 5.41) is 0. The summed E-state index contributed by atoms with van der Waals surface area (Å²) in [5.74, 6) is 1.21. The molecule has 1 atom stereocenters. The van der Waals surface area contributed by atoms with Crippen LogP contribution in [-0.2, 0) is 11.4 Å². The van der Waals surface area contributed by atoms with Crippen LogP contribution < -0.4 is 19.9 Å². The summed E-state index contributed by atoms with van der Waals surface area (Å²) in [5.41, 5.74) is 5.47. The monoisotopic (exact) mass is 359 g/mol. The van der Waals surface area contributed by atoms with Crippen LogP contribution in [0.1, 0.15) is 29.2 Å². The fraction of sp³-hybridized carbons (Fsp3) is 0.353. The Morgan fingerprint density at radius 2 is 2.15 bits per heavy atom. The maximum atomic E-state index is 12.5. The van der Waals surface area contributed by atoms with Crippen LogP contribution in [0.25, 0.3) is 0 Å². The van der Waals surface area contributed by atoms with Gasteiger partial charge in [0, 0.05) is 12.6 Å². The maximum Gasteiger partial charge on any atom is 0.276 e. The van der Waals surface area contributed by atoms with Crippen molar-refractivity contribution in [3.05, 3.63) is 36.0 Å². The summed E-state index contributed by atoms with van der Waals surface area (Å²) in [6.45, 7) is 0.710. The Kier molecular flexibility index (Phi) is 4.11. The van der Waals surface area contributed by atoms with Crippen molar-refractivity contribution in [1.29, 1.82) is 0 Å². The lowest BCUT2D eigenvalue weighted by Crippen LogP contribution is -2.43. The highest BCUT2D eigenvalue weighted by Gasteiger charge is 2.34. The van der Waals surface area contributed by atoms with Gasteiger partial charge < -0.3 is 29.3 Å². The first kappa shape index (κ1) is 16.2. The second-order valence-corrected chi connectivity index (χ2v) is 5.99. The van der Waals surface area contributed by atoms with E-state index in [9.17, 15) is 9.59 Å². The van der Waals surface area contributed by atoms with Crippen molar-refractivity contribution in [2.75, 3.05) is 13.3 Å². The molecule has 2 aliphatic rings. The van der Waals surface area contributed by atoms with Crippen LogP contribution >= 0.6 is 0 Å². The maximum absolute atomic E-state index is 12.5. The van der Waals surface area contributed by atoms with Crippen LogP contribution in [0.15, 0.2) is 28.9 Å². The average molecular weight is 359 g/mol. The first-order valence-electron chi connectivity index (χ1n) is 8.19. The van der Waals surface area contributed by atoms with Crippen LogP contribution in [0.3, 0.4) is 0 Å². The van der Waals surface area contributed by atoms with Crippen molar-refractivity contribution < 1.29 is 28.2 Å². The minimum Gasteiger partial charge on any atom is -0.484 e. The number of amides is 2. The van der Waals surface area contributed by atoms with E-state index in [2.05, 4.69) is 4.98 Å². The summed E-state index contributed by atoms with van der Waals surface area (Å²) >= 11 is 0. The van der Waals surface area contributed by atoms with E-state index >= 15 is 0 Å². The van der Waals surface area contributed by atoms with E-state index in [1.54, 1.807) is 18.2 Å². The van der Waals surface area contributed by atoms with Gasteiger partial charge in [-0.25, -0.2) is 4.98 Å². The van der Waals surface area contributed by atoms with Gasteiger partial charge in [-0.3, -0.25) is 9.59 Å². The molecule has 0 bridgehead atoms. The van der Waals surface area contributed by atoms with Gasteiger partial charge >= 0.3 is 0 Å². The van der Waals surface area contributed by atoms with Crippen molar-refractivity contribution >= 4 is 11.8 Å². The average Bonchev–Trinajstić information content (AvgIpc) is 3.38. The van der Waals surface area contributed by atoms with Gasteiger partial charge in [-0.05, 0) is 25.0 Å². The van der Waals surface area contributed by atoms with E-state index in [0.29, 0.717) is 30.2 Å². The second kappa shape index (κ2) is 6.58. The molecular formula is C17H17N3O6. The molecule has 1 fully saturated rings. The van der Waals surface area contributed by atoms with Crippen LogP contribution in [0.4, 0.5) is 0 Å². The lowest BCUT2D eigenvalue weighted by molar-refractivity contribution is -0.121. The molecular weight excluding hydrogens is 342 g/mol. The normalized spacial score (nSPS) is 18.2. The van der Waals surface area contributed by atoms with E-state index < -0.39 is 11.9 Å². The van der Waals surface area contributed by atoms with Crippen LogP contribution in [0, 0.1) is 0 Å². The Labute approximate surface area is 148 Å². The highest BCUT2D eigenvalue weighted by atomic mass is 16.7. The standard InChI is InChI=1S/C17H17N3O6/c18-16(21)12-2-1-5-20(12)17(22)11-7-24-15(19-11)8-23-10-3-4-13-14(6-10)26-9-25-13/h3-4,6-7,12H,1-2,5,8-9H2,(H2,18,21)/t12-/m1/s1. The number of aromatic nitrogens is 1. The molecule has 136 valence electrons. The van der Waals surface area contributed by atoms with Crippen molar-refractivity contribution in [2.24, 2.45) is 5.73 Å². The highest BCUT2D eigenvalue weighted by molar-refractivity contribution is 5.96. The number of nitrogens with two attached hydrogens (primary N) is 1. The predicted molar refractivity (Wildman–Crippen MR) is 86.7 cm³/mol. The number of likely N-dealkylation sites (tertiary alicyclic amines) is 1. The number of fused-ring (bicyclic) bond motifs is 1. The number of carbonyl (C=O) groups excluding carboxylic acids is 2. The SMILES string of the molecule is NC(=O)[C@H]1CCCN1C(=O)c1coc(COc2ccc3c(c2)OCO3)n1. The lowest BCUT2D eigenvalue weighted by atomic mass is 10.2. The van der Waals surface area contributed by atoms with Crippen molar-refractivity contribution in [3.63, 3.8) is 0 Å². The molecule has 0 saturated carbocycles. The highest BCUT2D eigenvalue weighted by Crippen LogP contribution is 2.35. The number of carbonyl (C=O) groups is 2. The molecule has 9 heteroatoms. The number of oxazole rings is 1. The number of rotatable bonds is 5. The number of hydrogen-bond donors (Lipinski definition) is 1. The van der Waals surface area contributed by atoms with E-state index in [1.165, 1.54) is 11.2 Å². The molecule has 2 aromatic rings. The molecule has 0 unspecified atom stereocenters. The zero-order valence-corrected chi connectivity index (χ0v) is 13.8. The molecule has 2 amide bonds. The van der Waals surface area contributed by atoms with Gasteiger partial charge in [-0.1, -0.05) is 0 Å². The molecule has 0 radical (unpaired) electrons. The van der Waals surface area contributed by atoms with Crippen LogP contribution in [-0.4, -0.2) is 41.1 Å². The zero-order chi connectivity index (χ0) is 18.1. The van der Waals surface area contributed by atoms with E-state index in [0.717, 1.165) is 6.42 Å². The zero-order valence-electron chi connectivity index (χ0n) is 13.8. The third kappa shape index (κ3) is 3.03. The quantitative estimate of drug-likeness (QED) is 0.848. The third-order valence-electron chi connectivity index (χ3n) is 4.32. The van der Waals surface area contributed by atoms with E-state index in [1.807, 2.05) is 0 Å². The largest absolute Gasteiger partial charge is 0.484 e. The lowest BCUT2D eigenvalue weighted by Gasteiger charge is -2.20. The Morgan fingerprint density at radius 3 is 3.00 bits per heavy atom. The topological polar surface area (TPSA) is 117 Å². The van der Waals surface area contributed by atoms with Crippen molar-refractivity contribution in [2.45, 2.75) is 25.5 Å². The molecule has 1 saturated heterocycles. The third-order valence-corrected chi connectivity index (χ3v) is 4.32. The summed E-state index contributed by atoms with van der Waals surface area (Å²) in [7, 11) is 0.